The number of aliphatic imine (C=N–C) groups is 1. The lowest BCUT2D eigenvalue weighted by molar-refractivity contribution is -0.129. The average molecular weight is 517 g/mol. The van der Waals surface area contributed by atoms with E-state index in [1.807, 2.05) is 30.0 Å². The maximum Gasteiger partial charge on any atom is 0.222 e. The molecule has 29 heavy (non-hydrogen) atoms. The number of likely N-dealkylation sites (N-methyl/N-ethyl adjacent to an activating group) is 1. The number of rotatable bonds is 8. The van der Waals surface area contributed by atoms with Gasteiger partial charge in [0.2, 0.25) is 5.91 Å². The van der Waals surface area contributed by atoms with E-state index in [4.69, 9.17) is 9.73 Å². The van der Waals surface area contributed by atoms with Crippen LogP contribution in [0.5, 0.6) is 5.75 Å². The molecule has 0 spiro atoms. The van der Waals surface area contributed by atoms with Crippen molar-refractivity contribution >= 4 is 35.8 Å². The van der Waals surface area contributed by atoms with Crippen molar-refractivity contribution in [3.63, 3.8) is 0 Å². The zero-order valence-electron chi connectivity index (χ0n) is 18.3. The topological polar surface area (TPSA) is 69.2 Å². The number of nitrogens with zero attached hydrogens (tertiary/aromatic N) is 3. The Morgan fingerprint density at radius 2 is 2.07 bits per heavy atom. The average Bonchev–Trinajstić information content (AvgIpc) is 3.16. The Morgan fingerprint density at radius 1 is 1.34 bits per heavy atom. The van der Waals surface area contributed by atoms with Gasteiger partial charge in [0.05, 0.1) is 19.7 Å². The molecule has 1 aliphatic heterocycles. The smallest absolute Gasteiger partial charge is 0.222 e. The summed E-state index contributed by atoms with van der Waals surface area (Å²) in [4.78, 5) is 20.8. The molecule has 7 nitrogen and oxygen atoms in total. The first-order valence-electron chi connectivity index (χ1n) is 10.1. The zero-order valence-corrected chi connectivity index (χ0v) is 20.6. The second-order valence-electron chi connectivity index (χ2n) is 7.26. The SMILES string of the molecule is CCNC(=NCC(c1ccccc1OC)N(C)C)NC1CCN(C(=O)CC)C1.I. The second kappa shape index (κ2) is 12.9. The van der Waals surface area contributed by atoms with Crippen molar-refractivity contribution in [2.24, 2.45) is 4.99 Å². The summed E-state index contributed by atoms with van der Waals surface area (Å²) < 4.78 is 5.54. The Bertz CT molecular complexity index is 668. The molecule has 1 heterocycles. The minimum Gasteiger partial charge on any atom is -0.496 e. The first-order valence-corrected chi connectivity index (χ1v) is 10.1. The summed E-state index contributed by atoms with van der Waals surface area (Å²) in [6.45, 7) is 6.91. The number of hydrogen-bond acceptors (Lipinski definition) is 4. The van der Waals surface area contributed by atoms with Crippen LogP contribution in [-0.2, 0) is 4.79 Å². The molecule has 0 radical (unpaired) electrons. The third kappa shape index (κ3) is 7.33. The molecule has 0 bridgehead atoms. The molecule has 2 N–H and O–H groups in total. The molecular formula is C21H36IN5O2. The van der Waals surface area contributed by atoms with E-state index >= 15 is 0 Å². The summed E-state index contributed by atoms with van der Waals surface area (Å²) in [5, 5.41) is 6.82. The number of benzene rings is 1. The maximum atomic E-state index is 11.9. The van der Waals surface area contributed by atoms with E-state index in [1.54, 1.807) is 7.11 Å². The molecule has 1 aliphatic rings. The van der Waals surface area contributed by atoms with Crippen molar-refractivity contribution in [1.29, 1.82) is 0 Å². The molecule has 2 rings (SSSR count). The number of likely N-dealkylation sites (tertiary alicyclic amines) is 1. The molecule has 164 valence electrons. The molecule has 1 amide bonds. The Labute approximate surface area is 192 Å². The van der Waals surface area contributed by atoms with Gasteiger partial charge in [0, 0.05) is 37.7 Å². The van der Waals surface area contributed by atoms with E-state index in [0.29, 0.717) is 13.0 Å². The minimum absolute atomic E-state index is 0. The van der Waals surface area contributed by atoms with Crippen LogP contribution in [0, 0.1) is 0 Å². The Hall–Kier alpha value is -1.55. The number of hydrogen-bond donors (Lipinski definition) is 2. The third-order valence-corrected chi connectivity index (χ3v) is 5.07. The summed E-state index contributed by atoms with van der Waals surface area (Å²) in [6, 6.07) is 8.42. The number of amides is 1. The van der Waals surface area contributed by atoms with Gasteiger partial charge in [-0.25, -0.2) is 0 Å². The quantitative estimate of drug-likeness (QED) is 0.315. The Morgan fingerprint density at radius 3 is 2.69 bits per heavy atom. The second-order valence-corrected chi connectivity index (χ2v) is 7.26. The van der Waals surface area contributed by atoms with Crippen LogP contribution in [0.3, 0.4) is 0 Å². The monoisotopic (exact) mass is 517 g/mol. The standard InChI is InChI=1S/C21H35N5O2.HI/c1-6-20(27)26-13-12-16(15-26)24-21(22-7-2)23-14-18(25(3)4)17-10-8-9-11-19(17)28-5;/h8-11,16,18H,6-7,12-15H2,1-5H3,(H2,22,23,24);1H. The molecule has 2 atom stereocenters. The van der Waals surface area contributed by atoms with Crippen LogP contribution in [0.2, 0.25) is 0 Å². The van der Waals surface area contributed by atoms with Gasteiger partial charge in [-0.2, -0.15) is 0 Å². The lowest BCUT2D eigenvalue weighted by Gasteiger charge is -2.25. The molecule has 0 saturated carbocycles. The number of carbonyl (C=O) groups is 1. The van der Waals surface area contributed by atoms with Gasteiger partial charge in [0.15, 0.2) is 5.96 Å². The van der Waals surface area contributed by atoms with E-state index < -0.39 is 0 Å². The number of carbonyl (C=O) groups excluding carboxylic acids is 1. The van der Waals surface area contributed by atoms with Crippen molar-refractivity contribution in [2.45, 2.75) is 38.8 Å². The Kier molecular flexibility index (Phi) is 11.3. The van der Waals surface area contributed by atoms with E-state index in [9.17, 15) is 4.79 Å². The van der Waals surface area contributed by atoms with Crippen LogP contribution in [0.15, 0.2) is 29.3 Å². The number of halogens is 1. The van der Waals surface area contributed by atoms with E-state index in [2.05, 4.69) is 42.6 Å². The van der Waals surface area contributed by atoms with Crippen LogP contribution in [0.4, 0.5) is 0 Å². The fourth-order valence-corrected chi connectivity index (χ4v) is 3.50. The number of nitrogens with one attached hydrogen (secondary N) is 2. The van der Waals surface area contributed by atoms with Crippen LogP contribution < -0.4 is 15.4 Å². The number of guanidine groups is 1. The predicted octanol–water partition coefficient (Wildman–Crippen LogP) is 2.48. The molecular weight excluding hydrogens is 481 g/mol. The lowest BCUT2D eigenvalue weighted by Crippen LogP contribution is -2.45. The van der Waals surface area contributed by atoms with Gasteiger partial charge in [0.1, 0.15) is 5.75 Å². The molecule has 1 aromatic carbocycles. The van der Waals surface area contributed by atoms with Gasteiger partial charge in [-0.15, -0.1) is 24.0 Å². The first-order chi connectivity index (χ1) is 13.5. The van der Waals surface area contributed by atoms with Crippen molar-refractivity contribution in [3.8, 4) is 5.75 Å². The molecule has 0 aromatic heterocycles. The van der Waals surface area contributed by atoms with Gasteiger partial charge >= 0.3 is 0 Å². The zero-order chi connectivity index (χ0) is 20.5. The predicted molar refractivity (Wildman–Crippen MR) is 129 cm³/mol. The maximum absolute atomic E-state index is 11.9. The molecule has 2 unspecified atom stereocenters. The largest absolute Gasteiger partial charge is 0.496 e. The van der Waals surface area contributed by atoms with Crippen LogP contribution in [0.25, 0.3) is 0 Å². The summed E-state index contributed by atoms with van der Waals surface area (Å²) in [5.74, 6) is 1.88. The molecule has 0 aliphatic carbocycles. The Balaban J connectivity index is 0.00000420. The van der Waals surface area contributed by atoms with Crippen LogP contribution >= 0.6 is 24.0 Å². The summed E-state index contributed by atoms with van der Waals surface area (Å²) in [7, 11) is 5.81. The normalized spacial score (nSPS) is 17.7. The summed E-state index contributed by atoms with van der Waals surface area (Å²) in [5.41, 5.74) is 1.12. The van der Waals surface area contributed by atoms with Gasteiger partial charge < -0.3 is 25.2 Å². The highest BCUT2D eigenvalue weighted by molar-refractivity contribution is 14.0. The van der Waals surface area contributed by atoms with Gasteiger partial charge in [-0.3, -0.25) is 9.79 Å². The van der Waals surface area contributed by atoms with E-state index in [-0.39, 0.29) is 42.0 Å². The fraction of sp³-hybridized carbons (Fsp3) is 0.619. The molecule has 1 saturated heterocycles. The minimum atomic E-state index is 0. The van der Waals surface area contributed by atoms with Gasteiger partial charge in [-0.1, -0.05) is 25.1 Å². The van der Waals surface area contributed by atoms with Crippen molar-refractivity contribution in [2.75, 3.05) is 47.4 Å². The van der Waals surface area contributed by atoms with Crippen LogP contribution in [0.1, 0.15) is 38.3 Å². The van der Waals surface area contributed by atoms with E-state index in [1.165, 1.54) is 0 Å². The number of para-hydroxylation sites is 1. The summed E-state index contributed by atoms with van der Waals surface area (Å²) >= 11 is 0. The first kappa shape index (κ1) is 25.5. The van der Waals surface area contributed by atoms with Gasteiger partial charge in [0.25, 0.3) is 0 Å². The molecule has 1 aromatic rings. The molecule has 8 heteroatoms. The number of ether oxygens (including phenoxy) is 1. The fourth-order valence-electron chi connectivity index (χ4n) is 3.50. The third-order valence-electron chi connectivity index (χ3n) is 5.07. The van der Waals surface area contributed by atoms with Crippen molar-refractivity contribution in [3.05, 3.63) is 29.8 Å². The van der Waals surface area contributed by atoms with Crippen molar-refractivity contribution < 1.29 is 9.53 Å². The highest BCUT2D eigenvalue weighted by Crippen LogP contribution is 2.28. The van der Waals surface area contributed by atoms with Crippen molar-refractivity contribution in [1.82, 2.24) is 20.4 Å². The van der Waals surface area contributed by atoms with Gasteiger partial charge in [-0.05, 0) is 33.5 Å². The van der Waals surface area contributed by atoms with Crippen LogP contribution in [-0.4, -0.2) is 75.1 Å². The highest BCUT2D eigenvalue weighted by atomic mass is 127. The highest BCUT2D eigenvalue weighted by Gasteiger charge is 2.26. The van der Waals surface area contributed by atoms with E-state index in [0.717, 1.165) is 43.3 Å². The lowest BCUT2D eigenvalue weighted by atomic mass is 10.0. The number of methoxy groups -OCH3 is 1. The summed E-state index contributed by atoms with van der Waals surface area (Å²) in [6.07, 6.45) is 1.50. The molecule has 1 fully saturated rings.